The second kappa shape index (κ2) is 6.69. The lowest BCUT2D eigenvalue weighted by Gasteiger charge is -2.27. The summed E-state index contributed by atoms with van der Waals surface area (Å²) in [7, 11) is -4.01. The minimum absolute atomic E-state index is 0.151. The maximum Gasteiger partial charge on any atom is 0.304 e. The van der Waals surface area contributed by atoms with Gasteiger partial charge in [-0.2, -0.15) is 12.7 Å². The Kier molecular flexibility index (Phi) is 4.47. The number of halogens is 2. The largest absolute Gasteiger partial charge is 0.304 e. The van der Waals surface area contributed by atoms with Crippen molar-refractivity contribution < 1.29 is 22.0 Å². The fourth-order valence-corrected chi connectivity index (χ4v) is 4.79. The molecule has 142 valence electrons. The van der Waals surface area contributed by atoms with Gasteiger partial charge in [0.25, 0.3) is 0 Å². The maximum atomic E-state index is 13.8. The third kappa shape index (κ3) is 3.46. The molecule has 2 aromatic carbocycles. The average Bonchev–Trinajstić information content (AvgIpc) is 3.41. The van der Waals surface area contributed by atoms with E-state index in [-0.39, 0.29) is 25.1 Å². The fraction of sp³-hybridized carbons (Fsp3) is 0.316. The summed E-state index contributed by atoms with van der Waals surface area (Å²) >= 11 is 0. The van der Waals surface area contributed by atoms with Crippen molar-refractivity contribution >= 4 is 16.1 Å². The standard InChI is InChI=1S/C19H18F2N2O3S/c20-16-6-3-7-17(21)18(16)14-10-15(14)19(24)22-27(25,26)23-9-8-12-4-1-2-5-13(12)11-23/h1-7,14-15H,8-11H2,(H,22,24)/t14-,15+/m0/s1. The van der Waals surface area contributed by atoms with Crippen LogP contribution < -0.4 is 4.72 Å². The highest BCUT2D eigenvalue weighted by molar-refractivity contribution is 7.87. The van der Waals surface area contributed by atoms with E-state index in [0.29, 0.717) is 6.42 Å². The molecule has 1 N–H and O–H groups in total. The van der Waals surface area contributed by atoms with Gasteiger partial charge in [0.05, 0.1) is 0 Å². The van der Waals surface area contributed by atoms with Gasteiger partial charge >= 0.3 is 10.2 Å². The number of fused-ring (bicyclic) bond motifs is 1. The predicted molar refractivity (Wildman–Crippen MR) is 94.8 cm³/mol. The van der Waals surface area contributed by atoms with Crippen molar-refractivity contribution in [3.05, 3.63) is 70.8 Å². The molecule has 1 saturated carbocycles. The van der Waals surface area contributed by atoms with Gasteiger partial charge in [0.2, 0.25) is 5.91 Å². The average molecular weight is 392 g/mol. The summed E-state index contributed by atoms with van der Waals surface area (Å²) < 4.78 is 56.1. The minimum atomic E-state index is -4.01. The van der Waals surface area contributed by atoms with Crippen LogP contribution in [0.5, 0.6) is 0 Å². The number of nitrogens with one attached hydrogen (secondary N) is 1. The molecule has 0 radical (unpaired) electrons. The zero-order chi connectivity index (χ0) is 19.2. The van der Waals surface area contributed by atoms with Crippen molar-refractivity contribution in [1.29, 1.82) is 0 Å². The van der Waals surface area contributed by atoms with Crippen LogP contribution in [0.2, 0.25) is 0 Å². The van der Waals surface area contributed by atoms with Crippen molar-refractivity contribution in [2.45, 2.75) is 25.3 Å². The van der Waals surface area contributed by atoms with E-state index in [9.17, 15) is 22.0 Å². The molecule has 0 unspecified atom stereocenters. The van der Waals surface area contributed by atoms with Gasteiger partial charge in [-0.3, -0.25) is 4.79 Å². The van der Waals surface area contributed by atoms with Crippen molar-refractivity contribution in [1.82, 2.24) is 9.03 Å². The Labute approximate surface area is 156 Å². The normalized spacial score (nSPS) is 22.1. The number of benzene rings is 2. The Hall–Kier alpha value is -2.32. The van der Waals surface area contributed by atoms with Crippen molar-refractivity contribution in [2.24, 2.45) is 5.92 Å². The predicted octanol–water partition coefficient (Wildman–Crippen LogP) is 2.49. The van der Waals surface area contributed by atoms with E-state index in [0.717, 1.165) is 23.3 Å². The monoisotopic (exact) mass is 392 g/mol. The third-order valence-electron chi connectivity index (χ3n) is 5.16. The van der Waals surface area contributed by atoms with Crippen LogP contribution in [0.25, 0.3) is 0 Å². The number of hydrogen-bond donors (Lipinski definition) is 1. The Bertz CT molecular complexity index is 990. The molecule has 5 nitrogen and oxygen atoms in total. The summed E-state index contributed by atoms with van der Waals surface area (Å²) in [6, 6.07) is 11.1. The van der Waals surface area contributed by atoms with Crippen LogP contribution in [0.4, 0.5) is 8.78 Å². The Morgan fingerprint density at radius 1 is 1.04 bits per heavy atom. The molecule has 0 saturated heterocycles. The first kappa shape index (κ1) is 18.1. The number of amides is 1. The van der Waals surface area contributed by atoms with Crippen LogP contribution in [0.15, 0.2) is 42.5 Å². The van der Waals surface area contributed by atoms with Gasteiger partial charge in [-0.25, -0.2) is 13.5 Å². The number of hydrogen-bond acceptors (Lipinski definition) is 3. The molecule has 0 bridgehead atoms. The molecule has 27 heavy (non-hydrogen) atoms. The van der Waals surface area contributed by atoms with E-state index >= 15 is 0 Å². The topological polar surface area (TPSA) is 66.5 Å². The van der Waals surface area contributed by atoms with Crippen LogP contribution in [0.1, 0.15) is 29.0 Å². The molecule has 2 aliphatic rings. The van der Waals surface area contributed by atoms with Gasteiger partial charge in [0.15, 0.2) is 0 Å². The number of rotatable bonds is 4. The molecule has 2 aromatic rings. The van der Waals surface area contributed by atoms with Gasteiger partial charge in [-0.1, -0.05) is 30.3 Å². The molecule has 1 fully saturated rings. The smallest absolute Gasteiger partial charge is 0.274 e. The fourth-order valence-electron chi connectivity index (χ4n) is 3.61. The Morgan fingerprint density at radius 3 is 2.41 bits per heavy atom. The van der Waals surface area contributed by atoms with Crippen LogP contribution in [-0.2, 0) is 28.0 Å². The number of nitrogens with zero attached hydrogens (tertiary/aromatic N) is 1. The molecule has 0 aromatic heterocycles. The molecular weight excluding hydrogens is 374 g/mol. The lowest BCUT2D eigenvalue weighted by atomic mass is 10.0. The second-order valence-corrected chi connectivity index (χ2v) is 8.58. The zero-order valence-corrected chi connectivity index (χ0v) is 15.2. The molecule has 2 atom stereocenters. The molecule has 1 heterocycles. The lowest BCUT2D eigenvalue weighted by molar-refractivity contribution is -0.120. The quantitative estimate of drug-likeness (QED) is 0.869. The van der Waals surface area contributed by atoms with E-state index in [1.807, 2.05) is 24.3 Å². The first-order chi connectivity index (χ1) is 12.9. The van der Waals surface area contributed by atoms with E-state index < -0.39 is 39.6 Å². The third-order valence-corrected chi connectivity index (χ3v) is 6.61. The Morgan fingerprint density at radius 2 is 1.70 bits per heavy atom. The van der Waals surface area contributed by atoms with Crippen molar-refractivity contribution in [3.63, 3.8) is 0 Å². The molecule has 1 aliphatic heterocycles. The van der Waals surface area contributed by atoms with E-state index in [2.05, 4.69) is 4.72 Å². The summed E-state index contributed by atoms with van der Waals surface area (Å²) in [5.74, 6) is -3.54. The van der Waals surface area contributed by atoms with Crippen molar-refractivity contribution in [3.8, 4) is 0 Å². The summed E-state index contributed by atoms with van der Waals surface area (Å²) in [5, 5.41) is 0. The summed E-state index contributed by atoms with van der Waals surface area (Å²) in [6.45, 7) is 0.463. The van der Waals surface area contributed by atoms with Gasteiger partial charge in [-0.05, 0) is 36.1 Å². The zero-order valence-electron chi connectivity index (χ0n) is 14.4. The first-order valence-corrected chi connectivity index (χ1v) is 10.1. The van der Waals surface area contributed by atoms with E-state index in [1.54, 1.807) is 0 Å². The summed E-state index contributed by atoms with van der Waals surface area (Å²) in [5.41, 5.74) is 1.84. The summed E-state index contributed by atoms with van der Waals surface area (Å²) in [4.78, 5) is 12.4. The number of carbonyl (C=O) groups excluding carboxylic acids is 1. The van der Waals surface area contributed by atoms with Gasteiger partial charge in [0, 0.05) is 30.5 Å². The SMILES string of the molecule is O=C(NS(=O)(=O)N1CCc2ccccc2C1)[C@@H]1C[C@@H]1c1c(F)cccc1F. The van der Waals surface area contributed by atoms with Crippen LogP contribution in [0, 0.1) is 17.6 Å². The van der Waals surface area contributed by atoms with Gasteiger partial charge < -0.3 is 0 Å². The first-order valence-electron chi connectivity index (χ1n) is 8.69. The molecule has 0 spiro atoms. The number of carbonyl (C=O) groups is 1. The van der Waals surface area contributed by atoms with Crippen LogP contribution in [-0.4, -0.2) is 25.2 Å². The van der Waals surface area contributed by atoms with Crippen molar-refractivity contribution in [2.75, 3.05) is 6.54 Å². The van der Waals surface area contributed by atoms with E-state index in [4.69, 9.17) is 0 Å². The van der Waals surface area contributed by atoms with Gasteiger partial charge in [-0.15, -0.1) is 0 Å². The van der Waals surface area contributed by atoms with Gasteiger partial charge in [0.1, 0.15) is 11.6 Å². The lowest BCUT2D eigenvalue weighted by Crippen LogP contribution is -2.46. The van der Waals surface area contributed by atoms with E-state index in [1.165, 1.54) is 10.4 Å². The van der Waals surface area contributed by atoms with Crippen LogP contribution in [0.3, 0.4) is 0 Å². The highest BCUT2D eigenvalue weighted by atomic mass is 32.2. The molecule has 4 rings (SSSR count). The second-order valence-electron chi connectivity index (χ2n) is 6.91. The van der Waals surface area contributed by atoms with Crippen LogP contribution >= 0.6 is 0 Å². The molecular formula is C19H18F2N2O3S. The molecule has 1 amide bonds. The highest BCUT2D eigenvalue weighted by Crippen LogP contribution is 2.49. The highest BCUT2D eigenvalue weighted by Gasteiger charge is 2.48. The Balaban J connectivity index is 1.44. The molecule has 8 heteroatoms. The summed E-state index contributed by atoms with van der Waals surface area (Å²) in [6.07, 6.45) is 0.791. The molecule has 1 aliphatic carbocycles. The maximum absolute atomic E-state index is 13.8. The minimum Gasteiger partial charge on any atom is -0.274 e.